The SMILES string of the molecule is CCOC(=O)C1C2C=CC(CC2)C1NC(=O)OCc1ccccc1. The summed E-state index contributed by atoms with van der Waals surface area (Å²) in [5.74, 6) is -0.259. The van der Waals surface area contributed by atoms with Crippen molar-refractivity contribution in [3.8, 4) is 0 Å². The highest BCUT2D eigenvalue weighted by Crippen LogP contribution is 2.41. The van der Waals surface area contributed by atoms with Crippen LogP contribution in [0.15, 0.2) is 42.5 Å². The molecule has 5 nitrogen and oxygen atoms in total. The van der Waals surface area contributed by atoms with Gasteiger partial charge in [-0.1, -0.05) is 42.5 Å². The van der Waals surface area contributed by atoms with E-state index in [1.807, 2.05) is 30.3 Å². The molecule has 0 heterocycles. The maximum absolute atomic E-state index is 12.3. The van der Waals surface area contributed by atoms with E-state index in [2.05, 4.69) is 17.5 Å². The number of esters is 1. The van der Waals surface area contributed by atoms with Crippen LogP contribution < -0.4 is 5.32 Å². The van der Waals surface area contributed by atoms with Crippen LogP contribution >= 0.6 is 0 Å². The van der Waals surface area contributed by atoms with E-state index in [0.29, 0.717) is 6.61 Å². The van der Waals surface area contributed by atoms with Crippen LogP contribution in [0.3, 0.4) is 0 Å². The summed E-state index contributed by atoms with van der Waals surface area (Å²) in [4.78, 5) is 24.5. The molecule has 2 bridgehead atoms. The summed E-state index contributed by atoms with van der Waals surface area (Å²) in [6.45, 7) is 2.36. The van der Waals surface area contributed by atoms with E-state index in [1.165, 1.54) is 0 Å². The monoisotopic (exact) mass is 329 g/mol. The van der Waals surface area contributed by atoms with Gasteiger partial charge in [-0.2, -0.15) is 0 Å². The normalized spacial score (nSPS) is 27.5. The van der Waals surface area contributed by atoms with Gasteiger partial charge in [-0.15, -0.1) is 0 Å². The Labute approximate surface area is 142 Å². The van der Waals surface area contributed by atoms with Crippen molar-refractivity contribution in [2.24, 2.45) is 17.8 Å². The Morgan fingerprint density at radius 1 is 1.08 bits per heavy atom. The Hall–Kier alpha value is -2.30. The molecule has 4 unspecified atom stereocenters. The van der Waals surface area contributed by atoms with Gasteiger partial charge in [-0.05, 0) is 37.2 Å². The summed E-state index contributed by atoms with van der Waals surface area (Å²) in [6, 6.07) is 9.27. The average Bonchev–Trinajstić information content (AvgIpc) is 2.62. The molecule has 1 saturated carbocycles. The molecule has 3 aliphatic rings. The van der Waals surface area contributed by atoms with Crippen LogP contribution in [0.5, 0.6) is 0 Å². The highest BCUT2D eigenvalue weighted by molar-refractivity contribution is 5.76. The summed E-state index contributed by atoms with van der Waals surface area (Å²) in [5.41, 5.74) is 0.930. The third-order valence-electron chi connectivity index (χ3n) is 4.80. The first kappa shape index (κ1) is 16.6. The quantitative estimate of drug-likeness (QED) is 0.666. The van der Waals surface area contributed by atoms with Gasteiger partial charge in [-0.3, -0.25) is 4.79 Å². The van der Waals surface area contributed by atoms with Crippen molar-refractivity contribution >= 4 is 12.1 Å². The van der Waals surface area contributed by atoms with Crippen molar-refractivity contribution in [3.63, 3.8) is 0 Å². The Kier molecular flexibility index (Phi) is 5.18. The fourth-order valence-electron chi connectivity index (χ4n) is 3.65. The number of carbonyl (C=O) groups excluding carboxylic acids is 2. The molecule has 0 saturated heterocycles. The number of carbonyl (C=O) groups is 2. The predicted molar refractivity (Wildman–Crippen MR) is 89.0 cm³/mol. The lowest BCUT2D eigenvalue weighted by atomic mass is 9.66. The van der Waals surface area contributed by atoms with Gasteiger partial charge in [0.1, 0.15) is 6.61 Å². The minimum absolute atomic E-state index is 0.133. The number of rotatable bonds is 5. The van der Waals surface area contributed by atoms with E-state index in [9.17, 15) is 9.59 Å². The van der Waals surface area contributed by atoms with Crippen LogP contribution in [-0.2, 0) is 20.9 Å². The lowest BCUT2D eigenvalue weighted by Gasteiger charge is -2.43. The molecule has 0 aromatic heterocycles. The first-order valence-corrected chi connectivity index (χ1v) is 8.51. The minimum atomic E-state index is -0.487. The van der Waals surface area contributed by atoms with Gasteiger partial charge in [0.25, 0.3) is 0 Å². The molecule has 5 heteroatoms. The molecule has 1 aromatic carbocycles. The number of hydrogen-bond donors (Lipinski definition) is 1. The highest BCUT2D eigenvalue weighted by atomic mass is 16.5. The zero-order chi connectivity index (χ0) is 16.9. The summed E-state index contributed by atoms with van der Waals surface area (Å²) in [5, 5.41) is 2.90. The minimum Gasteiger partial charge on any atom is -0.466 e. The van der Waals surface area contributed by atoms with E-state index in [4.69, 9.17) is 9.47 Å². The molecule has 0 radical (unpaired) electrons. The van der Waals surface area contributed by atoms with Crippen LogP contribution in [0.1, 0.15) is 25.3 Å². The van der Waals surface area contributed by atoms with Crippen molar-refractivity contribution in [2.45, 2.75) is 32.4 Å². The Morgan fingerprint density at radius 2 is 1.79 bits per heavy atom. The molecule has 1 amide bonds. The first-order valence-electron chi connectivity index (χ1n) is 8.51. The van der Waals surface area contributed by atoms with E-state index >= 15 is 0 Å². The maximum Gasteiger partial charge on any atom is 0.407 e. The van der Waals surface area contributed by atoms with Crippen LogP contribution in [-0.4, -0.2) is 24.7 Å². The molecule has 1 N–H and O–H groups in total. The Balaban J connectivity index is 1.62. The third kappa shape index (κ3) is 3.61. The van der Waals surface area contributed by atoms with Crippen molar-refractivity contribution in [1.82, 2.24) is 5.32 Å². The molecule has 4 atom stereocenters. The number of benzene rings is 1. The Bertz CT molecular complexity index is 613. The summed E-state index contributed by atoms with van der Waals surface area (Å²) in [7, 11) is 0. The van der Waals surface area contributed by atoms with Crippen molar-refractivity contribution in [1.29, 1.82) is 0 Å². The van der Waals surface area contributed by atoms with E-state index < -0.39 is 6.09 Å². The number of amides is 1. The van der Waals surface area contributed by atoms with Crippen LogP contribution in [0, 0.1) is 17.8 Å². The second-order valence-electron chi connectivity index (χ2n) is 6.30. The van der Waals surface area contributed by atoms with Gasteiger partial charge in [0, 0.05) is 0 Å². The van der Waals surface area contributed by atoms with Gasteiger partial charge >= 0.3 is 12.1 Å². The lowest BCUT2D eigenvalue weighted by molar-refractivity contribution is -0.152. The molecule has 1 fully saturated rings. The molecule has 128 valence electrons. The van der Waals surface area contributed by atoms with Crippen LogP contribution in [0.4, 0.5) is 4.79 Å². The first-order chi connectivity index (χ1) is 11.7. The second kappa shape index (κ2) is 7.51. The molecule has 0 aliphatic heterocycles. The van der Waals surface area contributed by atoms with Crippen LogP contribution in [0.2, 0.25) is 0 Å². The zero-order valence-electron chi connectivity index (χ0n) is 13.8. The summed E-state index contributed by atoms with van der Waals surface area (Å²) >= 11 is 0. The zero-order valence-corrected chi connectivity index (χ0v) is 13.8. The molecule has 4 rings (SSSR count). The van der Waals surface area contributed by atoms with Crippen molar-refractivity contribution in [2.75, 3.05) is 6.61 Å². The number of hydrogen-bond acceptors (Lipinski definition) is 4. The maximum atomic E-state index is 12.3. The number of alkyl carbamates (subject to hydrolysis) is 1. The van der Waals surface area contributed by atoms with Crippen LogP contribution in [0.25, 0.3) is 0 Å². The highest BCUT2D eigenvalue weighted by Gasteiger charge is 2.46. The van der Waals surface area contributed by atoms with E-state index in [-0.39, 0.29) is 36.4 Å². The predicted octanol–water partition coefficient (Wildman–Crippen LogP) is 3.06. The molecular formula is C19H23NO4. The number of ether oxygens (including phenoxy) is 2. The van der Waals surface area contributed by atoms with E-state index in [0.717, 1.165) is 18.4 Å². The lowest BCUT2D eigenvalue weighted by Crippen LogP contribution is -2.54. The van der Waals surface area contributed by atoms with Gasteiger partial charge < -0.3 is 14.8 Å². The number of allylic oxidation sites excluding steroid dienone is 1. The molecular weight excluding hydrogens is 306 g/mol. The summed E-state index contributed by atoms with van der Waals surface area (Å²) < 4.78 is 10.5. The molecule has 3 aliphatic carbocycles. The molecule has 24 heavy (non-hydrogen) atoms. The van der Waals surface area contributed by atoms with Crippen molar-refractivity contribution < 1.29 is 19.1 Å². The van der Waals surface area contributed by atoms with Gasteiger partial charge in [0.2, 0.25) is 0 Å². The topological polar surface area (TPSA) is 64.6 Å². The van der Waals surface area contributed by atoms with Gasteiger partial charge in [0.05, 0.1) is 18.6 Å². The fourth-order valence-corrected chi connectivity index (χ4v) is 3.65. The third-order valence-corrected chi connectivity index (χ3v) is 4.80. The molecule has 1 aromatic rings. The smallest absolute Gasteiger partial charge is 0.407 e. The second-order valence-corrected chi connectivity index (χ2v) is 6.30. The largest absolute Gasteiger partial charge is 0.466 e. The fraction of sp³-hybridized carbons (Fsp3) is 0.474. The standard InChI is InChI=1S/C19H23NO4/c1-2-23-18(21)16-14-8-10-15(11-9-14)17(16)20-19(22)24-12-13-6-4-3-5-7-13/h3-8,10,14-17H,2,9,11-12H2,1H3,(H,20,22). The van der Waals surface area contributed by atoms with E-state index in [1.54, 1.807) is 6.92 Å². The number of nitrogens with one attached hydrogen (secondary N) is 1. The van der Waals surface area contributed by atoms with Gasteiger partial charge in [-0.25, -0.2) is 4.79 Å². The van der Waals surface area contributed by atoms with Gasteiger partial charge in [0.15, 0.2) is 0 Å². The number of fused-ring (bicyclic) bond motifs is 2. The Morgan fingerprint density at radius 3 is 2.46 bits per heavy atom. The average molecular weight is 329 g/mol. The van der Waals surface area contributed by atoms with Crippen molar-refractivity contribution in [3.05, 3.63) is 48.0 Å². The molecule has 0 spiro atoms. The summed E-state index contributed by atoms with van der Waals surface area (Å²) in [6.07, 6.45) is 5.64.